The van der Waals surface area contributed by atoms with E-state index in [2.05, 4.69) is 11.4 Å². The van der Waals surface area contributed by atoms with Gasteiger partial charge in [0.1, 0.15) is 5.75 Å². The topological polar surface area (TPSA) is 41.6 Å². The van der Waals surface area contributed by atoms with E-state index >= 15 is 0 Å². The summed E-state index contributed by atoms with van der Waals surface area (Å²) in [7, 11) is 3.98. The Balaban J connectivity index is 1.93. The fraction of sp³-hybridized carbons (Fsp3) is 0.588. The summed E-state index contributed by atoms with van der Waals surface area (Å²) >= 11 is 0. The van der Waals surface area contributed by atoms with E-state index in [-0.39, 0.29) is 5.91 Å². The maximum Gasteiger partial charge on any atom is 0.260 e. The van der Waals surface area contributed by atoms with Crippen LogP contribution in [0.15, 0.2) is 18.2 Å². The van der Waals surface area contributed by atoms with Crippen LogP contribution in [0.3, 0.4) is 0 Å². The molecule has 1 aromatic rings. The molecule has 0 heterocycles. The summed E-state index contributed by atoms with van der Waals surface area (Å²) in [5, 5.41) is 2.91. The van der Waals surface area contributed by atoms with Crippen molar-refractivity contribution in [3.05, 3.63) is 29.3 Å². The van der Waals surface area contributed by atoms with Crippen LogP contribution in [0.1, 0.15) is 30.9 Å². The lowest BCUT2D eigenvalue weighted by atomic mass is 9.91. The van der Waals surface area contributed by atoms with Crippen LogP contribution in [0.2, 0.25) is 0 Å². The number of amides is 1. The van der Waals surface area contributed by atoms with Crippen molar-refractivity contribution in [2.75, 3.05) is 27.2 Å². The van der Waals surface area contributed by atoms with Gasteiger partial charge in [-0.05, 0) is 63.9 Å². The molecule has 0 saturated carbocycles. The highest BCUT2D eigenvalue weighted by molar-refractivity contribution is 5.80. The van der Waals surface area contributed by atoms with Gasteiger partial charge < -0.3 is 15.0 Å². The summed E-state index contributed by atoms with van der Waals surface area (Å²) in [4.78, 5) is 14.1. The Bertz CT molecular complexity index is 486. The molecule has 1 atom stereocenters. The van der Waals surface area contributed by atoms with E-state index in [0.717, 1.165) is 25.1 Å². The largest absolute Gasteiger partial charge is 0.481 e. The summed E-state index contributed by atoms with van der Waals surface area (Å²) in [6.45, 7) is 3.29. The second kappa shape index (κ2) is 7.46. The molecular formula is C17H26N2O2. The van der Waals surface area contributed by atoms with Crippen LogP contribution in [0.5, 0.6) is 5.75 Å². The van der Waals surface area contributed by atoms with E-state index in [0.29, 0.717) is 6.54 Å². The summed E-state index contributed by atoms with van der Waals surface area (Å²) in [6.07, 6.45) is 4.17. The van der Waals surface area contributed by atoms with Gasteiger partial charge in [0.2, 0.25) is 0 Å². The van der Waals surface area contributed by atoms with Crippen molar-refractivity contribution in [2.45, 2.75) is 38.7 Å². The lowest BCUT2D eigenvalue weighted by Crippen LogP contribution is -2.39. The third kappa shape index (κ3) is 4.46. The third-order valence-electron chi connectivity index (χ3n) is 3.88. The van der Waals surface area contributed by atoms with E-state index in [4.69, 9.17) is 4.74 Å². The number of hydrogen-bond acceptors (Lipinski definition) is 3. The first-order valence-electron chi connectivity index (χ1n) is 7.78. The standard InChI is InChI=1S/C17H26N2O2/c1-13(17(20)18-11-12-19(2)3)21-16-10-6-8-14-7-4-5-9-15(14)16/h6,8,10,13H,4-5,7,9,11-12H2,1-3H3,(H,18,20). The number of rotatable bonds is 6. The Hall–Kier alpha value is -1.55. The van der Waals surface area contributed by atoms with Gasteiger partial charge in [0.15, 0.2) is 6.10 Å². The van der Waals surface area contributed by atoms with Gasteiger partial charge in [-0.25, -0.2) is 0 Å². The summed E-state index contributed by atoms with van der Waals surface area (Å²) in [6, 6.07) is 6.17. The van der Waals surface area contributed by atoms with Gasteiger partial charge in [-0.3, -0.25) is 4.79 Å². The Morgan fingerprint density at radius 1 is 1.33 bits per heavy atom. The van der Waals surface area contributed by atoms with E-state index in [9.17, 15) is 4.79 Å². The second-order valence-corrected chi connectivity index (χ2v) is 5.96. The molecule has 1 aliphatic rings. The molecule has 116 valence electrons. The van der Waals surface area contributed by atoms with Gasteiger partial charge in [-0.15, -0.1) is 0 Å². The molecule has 0 aliphatic heterocycles. The van der Waals surface area contributed by atoms with Gasteiger partial charge >= 0.3 is 0 Å². The predicted octanol–water partition coefficient (Wildman–Crippen LogP) is 2.01. The van der Waals surface area contributed by atoms with Crippen molar-refractivity contribution >= 4 is 5.91 Å². The molecule has 0 fully saturated rings. The van der Waals surface area contributed by atoms with Crippen molar-refractivity contribution in [3.63, 3.8) is 0 Å². The molecular weight excluding hydrogens is 264 g/mol. The zero-order chi connectivity index (χ0) is 15.2. The maximum absolute atomic E-state index is 12.0. The number of nitrogens with zero attached hydrogens (tertiary/aromatic N) is 1. The first-order chi connectivity index (χ1) is 10.1. The molecule has 1 aliphatic carbocycles. The monoisotopic (exact) mass is 290 g/mol. The number of fused-ring (bicyclic) bond motifs is 1. The average Bonchev–Trinajstić information content (AvgIpc) is 2.47. The summed E-state index contributed by atoms with van der Waals surface area (Å²) in [5.41, 5.74) is 2.66. The molecule has 4 nitrogen and oxygen atoms in total. The molecule has 1 amide bonds. The molecule has 0 radical (unpaired) electrons. The number of hydrogen-bond donors (Lipinski definition) is 1. The average molecular weight is 290 g/mol. The van der Waals surface area contributed by atoms with Crippen LogP contribution in [0, 0.1) is 0 Å². The fourth-order valence-electron chi connectivity index (χ4n) is 2.65. The minimum Gasteiger partial charge on any atom is -0.481 e. The molecule has 4 heteroatoms. The number of likely N-dealkylation sites (N-methyl/N-ethyl adjacent to an activating group) is 1. The van der Waals surface area contributed by atoms with Crippen LogP contribution < -0.4 is 10.1 Å². The van der Waals surface area contributed by atoms with Gasteiger partial charge in [-0.2, -0.15) is 0 Å². The molecule has 0 aromatic heterocycles. The van der Waals surface area contributed by atoms with Crippen LogP contribution in [0.4, 0.5) is 0 Å². The minimum absolute atomic E-state index is 0.0507. The fourth-order valence-corrected chi connectivity index (χ4v) is 2.65. The van der Waals surface area contributed by atoms with E-state index in [1.807, 2.05) is 38.1 Å². The molecule has 2 rings (SSSR count). The normalized spacial score (nSPS) is 15.4. The Morgan fingerprint density at radius 3 is 2.86 bits per heavy atom. The van der Waals surface area contributed by atoms with Gasteiger partial charge in [0, 0.05) is 13.1 Å². The molecule has 0 bridgehead atoms. The van der Waals surface area contributed by atoms with Crippen molar-refractivity contribution in [1.82, 2.24) is 10.2 Å². The first-order valence-corrected chi connectivity index (χ1v) is 7.78. The van der Waals surface area contributed by atoms with Crippen molar-refractivity contribution < 1.29 is 9.53 Å². The molecule has 0 saturated heterocycles. The Kier molecular flexibility index (Phi) is 5.62. The van der Waals surface area contributed by atoms with Gasteiger partial charge in [0.25, 0.3) is 5.91 Å². The highest BCUT2D eigenvalue weighted by atomic mass is 16.5. The first kappa shape index (κ1) is 15.8. The quantitative estimate of drug-likeness (QED) is 0.871. The summed E-state index contributed by atoms with van der Waals surface area (Å²) in [5.74, 6) is 0.827. The van der Waals surface area contributed by atoms with Crippen LogP contribution >= 0.6 is 0 Å². The number of benzene rings is 1. The van der Waals surface area contributed by atoms with E-state index < -0.39 is 6.10 Å². The number of carbonyl (C=O) groups is 1. The number of carbonyl (C=O) groups excluding carboxylic acids is 1. The van der Waals surface area contributed by atoms with Crippen molar-refractivity contribution in [2.24, 2.45) is 0 Å². The SMILES string of the molecule is CC(Oc1cccc2c1CCCC2)C(=O)NCCN(C)C. The van der Waals surface area contributed by atoms with Gasteiger partial charge in [-0.1, -0.05) is 12.1 Å². The molecule has 21 heavy (non-hydrogen) atoms. The van der Waals surface area contributed by atoms with Crippen LogP contribution in [-0.2, 0) is 17.6 Å². The highest BCUT2D eigenvalue weighted by Gasteiger charge is 2.19. The smallest absolute Gasteiger partial charge is 0.260 e. The second-order valence-electron chi connectivity index (χ2n) is 5.96. The van der Waals surface area contributed by atoms with E-state index in [1.165, 1.54) is 24.0 Å². The van der Waals surface area contributed by atoms with Crippen molar-refractivity contribution in [3.8, 4) is 5.75 Å². The lowest BCUT2D eigenvalue weighted by Gasteiger charge is -2.22. The third-order valence-corrected chi connectivity index (χ3v) is 3.88. The van der Waals surface area contributed by atoms with Gasteiger partial charge in [0.05, 0.1) is 0 Å². The zero-order valence-electron chi connectivity index (χ0n) is 13.3. The predicted molar refractivity (Wildman–Crippen MR) is 84.7 cm³/mol. The number of nitrogens with one attached hydrogen (secondary N) is 1. The molecule has 0 spiro atoms. The summed E-state index contributed by atoms with van der Waals surface area (Å²) < 4.78 is 5.91. The highest BCUT2D eigenvalue weighted by Crippen LogP contribution is 2.30. The Labute approximate surface area is 127 Å². The molecule has 1 unspecified atom stereocenters. The van der Waals surface area contributed by atoms with Crippen LogP contribution in [-0.4, -0.2) is 44.1 Å². The van der Waals surface area contributed by atoms with Crippen LogP contribution in [0.25, 0.3) is 0 Å². The maximum atomic E-state index is 12.0. The molecule has 1 N–H and O–H groups in total. The number of ether oxygens (including phenoxy) is 1. The molecule has 1 aromatic carbocycles. The van der Waals surface area contributed by atoms with E-state index in [1.54, 1.807) is 0 Å². The van der Waals surface area contributed by atoms with Crippen molar-refractivity contribution in [1.29, 1.82) is 0 Å². The number of aryl methyl sites for hydroxylation is 1. The lowest BCUT2D eigenvalue weighted by molar-refractivity contribution is -0.127. The minimum atomic E-state index is -0.458. The zero-order valence-corrected chi connectivity index (χ0v) is 13.3. The Morgan fingerprint density at radius 2 is 2.10 bits per heavy atom.